The van der Waals surface area contributed by atoms with Crippen LogP contribution in [-0.4, -0.2) is 5.78 Å². The number of rotatable bonds is 2. The summed E-state index contributed by atoms with van der Waals surface area (Å²) >= 11 is 6.01. The molecule has 3 aromatic rings. The molecule has 0 aliphatic heterocycles. The quantitative estimate of drug-likeness (QED) is 0.605. The average Bonchev–Trinajstić information content (AvgIpc) is 2.75. The molecule has 106 valence electrons. The number of benzene rings is 2. The van der Waals surface area contributed by atoms with E-state index in [0.717, 1.165) is 22.1 Å². The predicted octanol–water partition coefficient (Wildman–Crippen LogP) is 5.24. The molecule has 0 radical (unpaired) electrons. The molecule has 0 atom stereocenters. The van der Waals surface area contributed by atoms with Crippen molar-refractivity contribution >= 4 is 28.4 Å². The first-order valence-corrected chi connectivity index (χ1v) is 7.16. The molecule has 1 heterocycles. The third-order valence-electron chi connectivity index (χ3n) is 3.73. The van der Waals surface area contributed by atoms with Crippen LogP contribution in [0.1, 0.15) is 32.8 Å². The van der Waals surface area contributed by atoms with Gasteiger partial charge < -0.3 is 4.42 Å². The molecule has 2 nitrogen and oxygen atoms in total. The number of furan rings is 1. The Morgan fingerprint density at radius 3 is 2.52 bits per heavy atom. The van der Waals surface area contributed by atoms with Crippen molar-refractivity contribution in [2.45, 2.75) is 20.8 Å². The van der Waals surface area contributed by atoms with Gasteiger partial charge in [0.05, 0.1) is 0 Å². The van der Waals surface area contributed by atoms with Crippen molar-refractivity contribution in [3.63, 3.8) is 0 Å². The van der Waals surface area contributed by atoms with E-state index in [-0.39, 0.29) is 5.78 Å². The summed E-state index contributed by atoms with van der Waals surface area (Å²) in [4.78, 5) is 12.7. The lowest BCUT2D eigenvalue weighted by Crippen LogP contribution is -2.04. The summed E-state index contributed by atoms with van der Waals surface area (Å²) in [6.07, 6.45) is 0. The zero-order valence-electron chi connectivity index (χ0n) is 12.2. The molecule has 0 aliphatic carbocycles. The Morgan fingerprint density at radius 1 is 1.05 bits per heavy atom. The third kappa shape index (κ3) is 2.36. The van der Waals surface area contributed by atoms with E-state index in [9.17, 15) is 4.79 Å². The molecule has 0 bridgehead atoms. The maximum Gasteiger partial charge on any atom is 0.228 e. The highest BCUT2D eigenvalue weighted by atomic mass is 35.5. The first kappa shape index (κ1) is 13.9. The lowest BCUT2D eigenvalue weighted by molar-refractivity contribution is 0.101. The van der Waals surface area contributed by atoms with Crippen molar-refractivity contribution in [1.29, 1.82) is 0 Å². The SMILES string of the molecule is Cc1ccc(C(=O)c2oc3ccc(Cl)cc3c2C)c(C)c1. The predicted molar refractivity (Wildman–Crippen MR) is 85.3 cm³/mol. The second kappa shape index (κ2) is 5.05. The number of fused-ring (bicyclic) bond motifs is 1. The summed E-state index contributed by atoms with van der Waals surface area (Å²) in [5, 5.41) is 1.52. The van der Waals surface area contributed by atoms with Crippen LogP contribution in [0.25, 0.3) is 11.0 Å². The molecule has 2 aromatic carbocycles. The van der Waals surface area contributed by atoms with Gasteiger partial charge in [0.2, 0.25) is 5.78 Å². The average molecular weight is 299 g/mol. The van der Waals surface area contributed by atoms with Gasteiger partial charge in [-0.15, -0.1) is 0 Å². The third-order valence-corrected chi connectivity index (χ3v) is 3.97. The van der Waals surface area contributed by atoms with E-state index in [1.54, 1.807) is 12.1 Å². The van der Waals surface area contributed by atoms with Gasteiger partial charge in [-0.05, 0) is 44.5 Å². The standard InChI is InChI=1S/C18H15ClO2/c1-10-4-6-14(11(2)8-10)17(20)18-12(3)15-9-13(19)5-7-16(15)21-18/h4-9H,1-3H3. The molecular weight excluding hydrogens is 284 g/mol. The fraction of sp³-hybridized carbons (Fsp3) is 0.167. The van der Waals surface area contributed by atoms with Crippen molar-refractivity contribution in [3.05, 3.63) is 69.4 Å². The van der Waals surface area contributed by atoms with Crippen LogP contribution in [0.5, 0.6) is 0 Å². The number of halogens is 1. The van der Waals surface area contributed by atoms with Gasteiger partial charge in [0.1, 0.15) is 5.58 Å². The summed E-state index contributed by atoms with van der Waals surface area (Å²) in [7, 11) is 0. The first-order chi connectivity index (χ1) is 9.97. The fourth-order valence-electron chi connectivity index (χ4n) is 2.60. The molecule has 0 aliphatic rings. The van der Waals surface area contributed by atoms with Gasteiger partial charge in [0.15, 0.2) is 5.76 Å². The number of carbonyl (C=O) groups is 1. The van der Waals surface area contributed by atoms with Gasteiger partial charge >= 0.3 is 0 Å². The molecule has 0 spiro atoms. The van der Waals surface area contributed by atoms with E-state index in [2.05, 4.69) is 0 Å². The second-order valence-electron chi connectivity index (χ2n) is 5.34. The Hall–Kier alpha value is -2.06. The Kier molecular flexibility index (Phi) is 3.34. The fourth-order valence-corrected chi connectivity index (χ4v) is 2.77. The molecular formula is C18H15ClO2. The van der Waals surface area contributed by atoms with Gasteiger partial charge in [-0.1, -0.05) is 35.4 Å². The van der Waals surface area contributed by atoms with Crippen LogP contribution in [-0.2, 0) is 0 Å². The highest BCUT2D eigenvalue weighted by Crippen LogP contribution is 2.29. The molecule has 0 N–H and O–H groups in total. The van der Waals surface area contributed by atoms with Gasteiger partial charge in [-0.25, -0.2) is 0 Å². The molecule has 0 unspecified atom stereocenters. The summed E-state index contributed by atoms with van der Waals surface area (Å²) in [5.41, 5.74) is 4.28. The van der Waals surface area contributed by atoms with Crippen LogP contribution < -0.4 is 0 Å². The number of carbonyl (C=O) groups excluding carboxylic acids is 1. The summed E-state index contributed by atoms with van der Waals surface area (Å²) in [6.45, 7) is 5.84. The first-order valence-electron chi connectivity index (χ1n) is 6.78. The van der Waals surface area contributed by atoms with Gasteiger partial charge in [0, 0.05) is 21.5 Å². The van der Waals surface area contributed by atoms with Gasteiger partial charge in [-0.3, -0.25) is 4.79 Å². The zero-order chi connectivity index (χ0) is 15.1. The van der Waals surface area contributed by atoms with E-state index in [0.29, 0.717) is 21.9 Å². The van der Waals surface area contributed by atoms with Crippen LogP contribution >= 0.6 is 11.6 Å². The summed E-state index contributed by atoms with van der Waals surface area (Å²) in [5.74, 6) is 0.302. The van der Waals surface area contributed by atoms with Gasteiger partial charge in [-0.2, -0.15) is 0 Å². The lowest BCUT2D eigenvalue weighted by Gasteiger charge is -2.04. The van der Waals surface area contributed by atoms with Crippen molar-refractivity contribution in [3.8, 4) is 0 Å². The van der Waals surface area contributed by atoms with E-state index >= 15 is 0 Å². The minimum Gasteiger partial charge on any atom is -0.452 e. The van der Waals surface area contributed by atoms with E-state index in [4.69, 9.17) is 16.0 Å². The normalized spacial score (nSPS) is 11.0. The van der Waals surface area contributed by atoms with Gasteiger partial charge in [0.25, 0.3) is 0 Å². The second-order valence-corrected chi connectivity index (χ2v) is 5.78. The Balaban J connectivity index is 2.15. The molecule has 0 saturated heterocycles. The minimum absolute atomic E-state index is 0.0858. The Bertz CT molecular complexity index is 859. The molecule has 3 heteroatoms. The largest absolute Gasteiger partial charge is 0.452 e. The summed E-state index contributed by atoms with van der Waals surface area (Å²) in [6, 6.07) is 11.2. The molecule has 3 rings (SSSR count). The Labute approximate surface area is 128 Å². The van der Waals surface area contributed by atoms with Crippen LogP contribution in [0.2, 0.25) is 5.02 Å². The monoisotopic (exact) mass is 298 g/mol. The number of aryl methyl sites for hydroxylation is 3. The smallest absolute Gasteiger partial charge is 0.228 e. The molecule has 0 fully saturated rings. The maximum absolute atomic E-state index is 12.7. The molecule has 0 saturated carbocycles. The number of ketones is 1. The van der Waals surface area contributed by atoms with Crippen LogP contribution in [0.15, 0.2) is 40.8 Å². The maximum atomic E-state index is 12.7. The zero-order valence-corrected chi connectivity index (χ0v) is 12.9. The highest BCUT2D eigenvalue weighted by Gasteiger charge is 2.20. The Morgan fingerprint density at radius 2 is 1.81 bits per heavy atom. The van der Waals surface area contributed by atoms with E-state index < -0.39 is 0 Å². The molecule has 1 aromatic heterocycles. The topological polar surface area (TPSA) is 30.2 Å². The number of hydrogen-bond donors (Lipinski definition) is 0. The van der Waals surface area contributed by atoms with Crippen LogP contribution in [0, 0.1) is 20.8 Å². The minimum atomic E-state index is -0.0858. The van der Waals surface area contributed by atoms with Crippen molar-refractivity contribution in [2.75, 3.05) is 0 Å². The highest BCUT2D eigenvalue weighted by molar-refractivity contribution is 6.31. The number of hydrogen-bond acceptors (Lipinski definition) is 2. The lowest BCUT2D eigenvalue weighted by atomic mass is 9.99. The van der Waals surface area contributed by atoms with E-state index in [1.807, 2.05) is 45.0 Å². The van der Waals surface area contributed by atoms with Crippen molar-refractivity contribution in [1.82, 2.24) is 0 Å². The summed E-state index contributed by atoms with van der Waals surface area (Å²) < 4.78 is 5.75. The van der Waals surface area contributed by atoms with Crippen molar-refractivity contribution < 1.29 is 9.21 Å². The van der Waals surface area contributed by atoms with E-state index in [1.165, 1.54) is 0 Å². The molecule has 0 amide bonds. The van der Waals surface area contributed by atoms with Crippen molar-refractivity contribution in [2.24, 2.45) is 0 Å². The molecule has 21 heavy (non-hydrogen) atoms. The van der Waals surface area contributed by atoms with Crippen LogP contribution in [0.4, 0.5) is 0 Å². The van der Waals surface area contributed by atoms with Crippen LogP contribution in [0.3, 0.4) is 0 Å².